The van der Waals surface area contributed by atoms with Gasteiger partial charge in [-0.25, -0.2) is 4.40 Å². The molecule has 0 saturated carbocycles. The number of rotatable bonds is 5. The molecule has 1 aromatic carbocycles. The molecule has 0 spiro atoms. The standard InChI is InChI=1S/C21H26N4O.H2O/c1-20(2,3)14-21(4,5)23-19-18(15-10-6-7-11-16(15)24-26)22-17-12-8-9-13-25(17)19;/h6-13H,14H2,1-5H3,(H,23,26);1H2. The third-order valence-electron chi connectivity index (χ3n) is 4.29. The highest BCUT2D eigenvalue weighted by atomic mass is 16.3. The van der Waals surface area contributed by atoms with Crippen molar-refractivity contribution >= 4 is 17.2 Å². The average Bonchev–Trinajstić information content (AvgIpc) is 2.90. The van der Waals surface area contributed by atoms with Crippen molar-refractivity contribution in [3.8, 4) is 11.3 Å². The van der Waals surface area contributed by atoms with Gasteiger partial charge >= 0.3 is 0 Å². The summed E-state index contributed by atoms with van der Waals surface area (Å²) < 4.78 is 2.08. The molecule has 0 saturated heterocycles. The van der Waals surface area contributed by atoms with E-state index in [0.29, 0.717) is 5.69 Å². The van der Waals surface area contributed by atoms with Crippen LogP contribution >= 0.6 is 0 Å². The van der Waals surface area contributed by atoms with Gasteiger partial charge in [0.15, 0.2) is 5.69 Å². The summed E-state index contributed by atoms with van der Waals surface area (Å²) in [5.41, 5.74) is 3.10. The third-order valence-corrected chi connectivity index (χ3v) is 4.29. The SMILES string of the molecule is CC(C)(C)CC(C)(C)Nc1c(-c2ccccc2N=O)[nH]c2cccc[n+]12.[OH-]. The maximum absolute atomic E-state index is 11.3. The predicted octanol–water partition coefficient (Wildman–Crippen LogP) is 5.27. The summed E-state index contributed by atoms with van der Waals surface area (Å²) in [6.45, 7) is 11.1. The fraction of sp³-hybridized carbons (Fsp3) is 0.381. The predicted molar refractivity (Wildman–Crippen MR) is 109 cm³/mol. The third kappa shape index (κ3) is 4.52. The zero-order valence-electron chi connectivity index (χ0n) is 16.6. The van der Waals surface area contributed by atoms with Crippen molar-refractivity contribution in [1.82, 2.24) is 4.98 Å². The highest BCUT2D eigenvalue weighted by molar-refractivity contribution is 5.80. The number of hydrogen-bond acceptors (Lipinski definition) is 4. The lowest BCUT2D eigenvalue weighted by Crippen LogP contribution is -2.39. The number of aromatic nitrogens is 2. The molecule has 0 atom stereocenters. The summed E-state index contributed by atoms with van der Waals surface area (Å²) in [5, 5.41) is 6.91. The molecule has 0 radical (unpaired) electrons. The first-order chi connectivity index (χ1) is 12.2. The molecule has 6 heteroatoms. The fourth-order valence-corrected chi connectivity index (χ4v) is 3.82. The molecule has 0 unspecified atom stereocenters. The molecule has 0 fully saturated rings. The quantitative estimate of drug-likeness (QED) is 0.475. The Morgan fingerprint density at radius 3 is 2.37 bits per heavy atom. The zero-order chi connectivity index (χ0) is 18.9. The lowest BCUT2D eigenvalue weighted by Gasteiger charge is -2.31. The molecule has 6 nitrogen and oxygen atoms in total. The highest BCUT2D eigenvalue weighted by Gasteiger charge is 2.32. The second-order valence-electron chi connectivity index (χ2n) is 8.66. The van der Waals surface area contributed by atoms with Crippen LogP contribution in [0.1, 0.15) is 41.0 Å². The van der Waals surface area contributed by atoms with Crippen molar-refractivity contribution < 1.29 is 9.88 Å². The van der Waals surface area contributed by atoms with Crippen LogP contribution in [-0.4, -0.2) is 16.0 Å². The number of nitroso groups, excluding NO2 is 1. The molecule has 2 aromatic heterocycles. The van der Waals surface area contributed by atoms with Gasteiger partial charge in [0.25, 0.3) is 5.82 Å². The normalized spacial score (nSPS) is 11.9. The molecule has 144 valence electrons. The van der Waals surface area contributed by atoms with Gasteiger partial charge in [0, 0.05) is 11.6 Å². The Morgan fingerprint density at radius 2 is 1.70 bits per heavy atom. The lowest BCUT2D eigenvalue weighted by molar-refractivity contribution is -0.494. The van der Waals surface area contributed by atoms with E-state index < -0.39 is 0 Å². The summed E-state index contributed by atoms with van der Waals surface area (Å²) >= 11 is 0. The van der Waals surface area contributed by atoms with Gasteiger partial charge in [-0.15, -0.1) is 4.91 Å². The van der Waals surface area contributed by atoms with Crippen LogP contribution in [0.5, 0.6) is 0 Å². The van der Waals surface area contributed by atoms with E-state index in [1.54, 1.807) is 6.07 Å². The van der Waals surface area contributed by atoms with E-state index in [1.807, 2.05) is 42.6 Å². The molecule has 0 amide bonds. The van der Waals surface area contributed by atoms with E-state index in [1.165, 1.54) is 0 Å². The molecule has 0 bridgehead atoms. The van der Waals surface area contributed by atoms with E-state index in [0.717, 1.165) is 29.1 Å². The van der Waals surface area contributed by atoms with Crippen LogP contribution in [0, 0.1) is 10.3 Å². The van der Waals surface area contributed by atoms with Crippen molar-refractivity contribution in [2.45, 2.75) is 46.6 Å². The Hall–Kier alpha value is -2.73. The van der Waals surface area contributed by atoms with Crippen LogP contribution in [0.25, 0.3) is 16.9 Å². The zero-order valence-corrected chi connectivity index (χ0v) is 16.6. The number of imidazole rings is 1. The number of pyridine rings is 1. The largest absolute Gasteiger partial charge is 0.870 e. The second kappa shape index (κ2) is 7.48. The van der Waals surface area contributed by atoms with Crippen LogP contribution in [0.15, 0.2) is 53.8 Å². The monoisotopic (exact) mass is 368 g/mol. The van der Waals surface area contributed by atoms with Gasteiger partial charge < -0.3 is 5.48 Å². The molecule has 0 aliphatic rings. The van der Waals surface area contributed by atoms with Gasteiger partial charge in [-0.2, -0.15) is 0 Å². The summed E-state index contributed by atoms with van der Waals surface area (Å²) in [7, 11) is 0. The van der Waals surface area contributed by atoms with Gasteiger partial charge in [-0.3, -0.25) is 10.3 Å². The first kappa shape index (κ1) is 20.6. The van der Waals surface area contributed by atoms with Crippen molar-refractivity contribution in [3.63, 3.8) is 0 Å². The molecule has 3 N–H and O–H groups in total. The van der Waals surface area contributed by atoms with Crippen LogP contribution < -0.4 is 9.72 Å². The van der Waals surface area contributed by atoms with E-state index >= 15 is 0 Å². The van der Waals surface area contributed by atoms with E-state index in [4.69, 9.17) is 0 Å². The molecule has 0 aliphatic carbocycles. The van der Waals surface area contributed by atoms with E-state index in [2.05, 4.69) is 54.5 Å². The van der Waals surface area contributed by atoms with Crippen LogP contribution in [0.3, 0.4) is 0 Å². The molecule has 2 heterocycles. The second-order valence-corrected chi connectivity index (χ2v) is 8.66. The minimum Gasteiger partial charge on any atom is -0.870 e. The average molecular weight is 368 g/mol. The van der Waals surface area contributed by atoms with Crippen LogP contribution in [-0.2, 0) is 0 Å². The number of fused-ring (bicyclic) bond motifs is 1. The first-order valence-corrected chi connectivity index (χ1v) is 8.93. The number of H-pyrrole nitrogens is 1. The van der Waals surface area contributed by atoms with E-state index in [9.17, 15) is 4.91 Å². The Kier molecular flexibility index (Phi) is 5.70. The summed E-state index contributed by atoms with van der Waals surface area (Å²) in [6, 6.07) is 13.4. The Morgan fingerprint density at radius 1 is 1.04 bits per heavy atom. The van der Waals surface area contributed by atoms with Crippen LogP contribution in [0.2, 0.25) is 0 Å². The van der Waals surface area contributed by atoms with Gasteiger partial charge in [0.2, 0.25) is 5.65 Å². The van der Waals surface area contributed by atoms with Gasteiger partial charge in [-0.05, 0) is 49.1 Å². The lowest BCUT2D eigenvalue weighted by atomic mass is 9.82. The number of hydrogen-bond donors (Lipinski definition) is 2. The molecular weight excluding hydrogens is 340 g/mol. The van der Waals surface area contributed by atoms with Gasteiger partial charge in [-0.1, -0.05) is 39.0 Å². The van der Waals surface area contributed by atoms with Crippen molar-refractivity contribution in [1.29, 1.82) is 0 Å². The topological polar surface area (TPSA) is 91.3 Å². The maximum Gasteiger partial charge on any atom is 0.267 e. The summed E-state index contributed by atoms with van der Waals surface area (Å²) in [4.78, 5) is 14.8. The molecule has 3 aromatic rings. The molecule has 3 rings (SSSR count). The fourth-order valence-electron chi connectivity index (χ4n) is 3.82. The Bertz CT molecular complexity index is 939. The molecule has 27 heavy (non-hydrogen) atoms. The number of aromatic amines is 1. The van der Waals surface area contributed by atoms with Crippen LogP contribution in [0.4, 0.5) is 11.5 Å². The first-order valence-electron chi connectivity index (χ1n) is 8.93. The number of nitrogens with zero attached hydrogens (tertiary/aromatic N) is 2. The number of anilines is 1. The Labute approximate surface area is 159 Å². The molecular formula is C21H28N4O2. The van der Waals surface area contributed by atoms with Crippen molar-refractivity contribution in [3.05, 3.63) is 53.6 Å². The number of benzene rings is 1. The minimum atomic E-state index is -0.130. The number of nitrogens with one attached hydrogen (secondary N) is 2. The van der Waals surface area contributed by atoms with Crippen molar-refractivity contribution in [2.75, 3.05) is 5.32 Å². The minimum absolute atomic E-state index is 0. The summed E-state index contributed by atoms with van der Waals surface area (Å²) in [5.74, 6) is 0.936. The van der Waals surface area contributed by atoms with E-state index in [-0.39, 0.29) is 16.4 Å². The summed E-state index contributed by atoms with van der Waals surface area (Å²) in [6.07, 6.45) is 3.01. The maximum atomic E-state index is 11.3. The smallest absolute Gasteiger partial charge is 0.267 e. The highest BCUT2D eigenvalue weighted by Crippen LogP contribution is 2.36. The van der Waals surface area contributed by atoms with Gasteiger partial charge in [0.1, 0.15) is 5.69 Å². The van der Waals surface area contributed by atoms with Crippen molar-refractivity contribution in [2.24, 2.45) is 10.6 Å². The Balaban J connectivity index is 0.00000261. The van der Waals surface area contributed by atoms with Gasteiger partial charge in [0.05, 0.1) is 11.7 Å². The molecule has 0 aliphatic heterocycles.